The first kappa shape index (κ1) is 13.4. The maximum atomic E-state index is 7.16. The fourth-order valence-electron chi connectivity index (χ4n) is 0.644. The van der Waals surface area contributed by atoms with Crippen LogP contribution < -0.4 is 5.73 Å². The van der Waals surface area contributed by atoms with Crippen molar-refractivity contribution in [3.8, 4) is 11.8 Å². The van der Waals surface area contributed by atoms with E-state index in [1.165, 1.54) is 23.5 Å². The van der Waals surface area contributed by atoms with Crippen molar-refractivity contribution < 1.29 is 0 Å². The molecule has 14 heavy (non-hydrogen) atoms. The molecule has 0 aromatic carbocycles. The molecule has 0 bridgehead atoms. The number of hydrogen-bond donors (Lipinski definition) is 3. The second kappa shape index (κ2) is 8.97. The van der Waals surface area contributed by atoms with Gasteiger partial charge in [0.15, 0.2) is 5.17 Å². The van der Waals surface area contributed by atoms with Gasteiger partial charge in [-0.3, -0.25) is 10.8 Å². The van der Waals surface area contributed by atoms with Crippen LogP contribution in [0.5, 0.6) is 0 Å². The maximum absolute atomic E-state index is 7.16. The van der Waals surface area contributed by atoms with Crippen LogP contribution in [0.4, 0.5) is 0 Å². The number of nitrogens with one attached hydrogen (secondary N) is 2. The minimum Gasteiger partial charge on any atom is -0.379 e. The van der Waals surface area contributed by atoms with Gasteiger partial charge in [-0.15, -0.1) is 23.6 Å². The molecule has 0 atom stereocenters. The molecule has 0 rings (SSSR count). The largest absolute Gasteiger partial charge is 0.379 e. The van der Waals surface area contributed by atoms with Crippen LogP contribution in [0.25, 0.3) is 0 Å². The summed E-state index contributed by atoms with van der Waals surface area (Å²) in [5, 5.41) is 14.9. The van der Waals surface area contributed by atoms with E-state index in [1.807, 2.05) is 0 Å². The van der Waals surface area contributed by atoms with E-state index in [2.05, 4.69) is 11.8 Å². The van der Waals surface area contributed by atoms with E-state index >= 15 is 0 Å². The highest BCUT2D eigenvalue weighted by molar-refractivity contribution is 8.13. The number of amidine groups is 1. The second-order valence-corrected chi connectivity index (χ2v) is 4.92. The normalized spacial score (nSPS) is 8.93. The van der Waals surface area contributed by atoms with Crippen LogP contribution >= 0.6 is 23.5 Å². The Morgan fingerprint density at radius 3 is 2.07 bits per heavy atom. The van der Waals surface area contributed by atoms with Gasteiger partial charge in [-0.2, -0.15) is 0 Å². The van der Waals surface area contributed by atoms with Gasteiger partial charge in [-0.05, 0) is 6.92 Å². The first-order chi connectivity index (χ1) is 6.63. The van der Waals surface area contributed by atoms with Crippen LogP contribution in [0, 0.1) is 22.7 Å². The fourth-order valence-corrected chi connectivity index (χ4v) is 1.58. The van der Waals surface area contributed by atoms with Crippen molar-refractivity contribution >= 4 is 33.7 Å². The average molecular weight is 229 g/mol. The zero-order valence-corrected chi connectivity index (χ0v) is 9.86. The lowest BCUT2D eigenvalue weighted by Crippen LogP contribution is -2.03. The summed E-state index contributed by atoms with van der Waals surface area (Å²) in [5.74, 6) is 7.71. The van der Waals surface area contributed by atoms with Crippen LogP contribution in [-0.4, -0.2) is 21.7 Å². The molecule has 3 nitrogen and oxygen atoms in total. The van der Waals surface area contributed by atoms with Crippen molar-refractivity contribution in [2.45, 2.75) is 19.8 Å². The molecule has 0 aliphatic heterocycles. The number of rotatable bonds is 4. The minimum atomic E-state index is 0.154. The predicted molar refractivity (Wildman–Crippen MR) is 67.2 cm³/mol. The molecule has 0 spiro atoms. The second-order valence-electron chi connectivity index (χ2n) is 2.47. The molecule has 0 amide bonds. The molecule has 0 heterocycles. The summed E-state index contributed by atoms with van der Waals surface area (Å²) >= 11 is 2.84. The van der Waals surface area contributed by atoms with Crippen molar-refractivity contribution in [2.75, 3.05) is 11.5 Å². The Hall–Kier alpha value is -0.600. The number of nitrogens with two attached hydrogens (primary N) is 1. The minimum absolute atomic E-state index is 0.154. The summed E-state index contributed by atoms with van der Waals surface area (Å²) in [6, 6.07) is 0. The lowest BCUT2D eigenvalue weighted by atomic mass is 10.4. The van der Waals surface area contributed by atoms with E-state index in [1.54, 1.807) is 6.92 Å². The van der Waals surface area contributed by atoms with Crippen molar-refractivity contribution in [3.63, 3.8) is 0 Å². The van der Waals surface area contributed by atoms with Crippen molar-refractivity contribution in [1.29, 1.82) is 10.8 Å². The smallest absolute Gasteiger partial charge is 0.151 e. The van der Waals surface area contributed by atoms with E-state index in [-0.39, 0.29) is 5.17 Å². The molecule has 0 aliphatic carbocycles. The molecule has 0 aliphatic rings. The standard InChI is InChI=1S/C9H15N3S2/c1-8(10)13-6-4-2-3-5-7-14-9(11)12/h10H,4-7H2,1H3,(H3,11,12). The molecule has 0 saturated heterocycles. The Balaban J connectivity index is 3.27. The number of hydrogen-bond acceptors (Lipinski definition) is 4. The van der Waals surface area contributed by atoms with Gasteiger partial charge in [0.2, 0.25) is 0 Å². The molecular weight excluding hydrogens is 214 g/mol. The quantitative estimate of drug-likeness (QED) is 0.299. The van der Waals surface area contributed by atoms with Crippen LogP contribution in [0.3, 0.4) is 0 Å². The molecule has 5 heteroatoms. The van der Waals surface area contributed by atoms with Gasteiger partial charge in [-0.1, -0.05) is 11.8 Å². The van der Waals surface area contributed by atoms with Gasteiger partial charge < -0.3 is 5.73 Å². The SMILES string of the molecule is CC(=N)SCCC#CCCSC(=N)N. The molecule has 0 saturated carbocycles. The third-order valence-electron chi connectivity index (χ3n) is 1.16. The van der Waals surface area contributed by atoms with E-state index in [0.29, 0.717) is 5.04 Å². The van der Waals surface area contributed by atoms with Crippen LogP contribution in [-0.2, 0) is 0 Å². The molecule has 0 radical (unpaired) electrons. The van der Waals surface area contributed by atoms with Gasteiger partial charge in [-0.25, -0.2) is 0 Å². The summed E-state index contributed by atoms with van der Waals surface area (Å²) in [6.07, 6.45) is 1.60. The zero-order valence-electron chi connectivity index (χ0n) is 8.22. The van der Waals surface area contributed by atoms with E-state index in [4.69, 9.17) is 16.6 Å². The summed E-state index contributed by atoms with van der Waals surface area (Å²) in [5.41, 5.74) is 5.16. The van der Waals surface area contributed by atoms with Crippen molar-refractivity contribution in [3.05, 3.63) is 0 Å². The fraction of sp³-hybridized carbons (Fsp3) is 0.556. The van der Waals surface area contributed by atoms with Gasteiger partial charge in [0.05, 0.1) is 5.04 Å². The number of thioether (sulfide) groups is 2. The summed E-state index contributed by atoms with van der Waals surface area (Å²) in [7, 11) is 0. The molecular formula is C9H15N3S2. The third kappa shape index (κ3) is 11.4. The molecule has 0 fully saturated rings. The summed E-state index contributed by atoms with van der Waals surface area (Å²) in [6.45, 7) is 1.78. The Morgan fingerprint density at radius 2 is 1.64 bits per heavy atom. The molecule has 0 aromatic rings. The third-order valence-corrected chi connectivity index (χ3v) is 2.72. The Labute approximate surface area is 93.6 Å². The van der Waals surface area contributed by atoms with Crippen molar-refractivity contribution in [2.24, 2.45) is 5.73 Å². The average Bonchev–Trinajstić information content (AvgIpc) is 2.08. The van der Waals surface area contributed by atoms with E-state index in [9.17, 15) is 0 Å². The molecule has 78 valence electrons. The predicted octanol–water partition coefficient (Wildman–Crippen LogP) is 2.13. The van der Waals surface area contributed by atoms with Crippen LogP contribution in [0.2, 0.25) is 0 Å². The van der Waals surface area contributed by atoms with Crippen LogP contribution in [0.15, 0.2) is 0 Å². The topological polar surface area (TPSA) is 73.7 Å². The Bertz CT molecular complexity index is 229. The molecule has 0 unspecified atom stereocenters. The van der Waals surface area contributed by atoms with Gasteiger partial charge in [0.1, 0.15) is 0 Å². The van der Waals surface area contributed by atoms with Gasteiger partial charge in [0, 0.05) is 24.3 Å². The Morgan fingerprint density at radius 1 is 1.14 bits per heavy atom. The highest BCUT2D eigenvalue weighted by Gasteiger charge is 1.88. The van der Waals surface area contributed by atoms with E-state index in [0.717, 1.165) is 24.3 Å². The first-order valence-electron chi connectivity index (χ1n) is 4.23. The van der Waals surface area contributed by atoms with E-state index < -0.39 is 0 Å². The highest BCUT2D eigenvalue weighted by Crippen LogP contribution is 2.03. The first-order valence-corrected chi connectivity index (χ1v) is 6.20. The lowest BCUT2D eigenvalue weighted by Gasteiger charge is -1.92. The molecule has 0 aromatic heterocycles. The Kier molecular flexibility index (Phi) is 8.59. The highest BCUT2D eigenvalue weighted by atomic mass is 32.2. The lowest BCUT2D eigenvalue weighted by molar-refractivity contribution is 1.26. The van der Waals surface area contributed by atoms with Gasteiger partial charge in [0.25, 0.3) is 0 Å². The van der Waals surface area contributed by atoms with Crippen molar-refractivity contribution in [1.82, 2.24) is 0 Å². The maximum Gasteiger partial charge on any atom is 0.151 e. The van der Waals surface area contributed by atoms with Gasteiger partial charge >= 0.3 is 0 Å². The monoisotopic (exact) mass is 229 g/mol. The summed E-state index contributed by atoms with van der Waals surface area (Å²) < 4.78 is 0. The van der Waals surface area contributed by atoms with Crippen LogP contribution in [0.1, 0.15) is 19.8 Å². The molecule has 4 N–H and O–H groups in total. The zero-order chi connectivity index (χ0) is 10.8. The summed E-state index contributed by atoms with van der Waals surface area (Å²) in [4.78, 5) is 0.